The van der Waals surface area contributed by atoms with Gasteiger partial charge in [-0.25, -0.2) is 0 Å². The number of rotatable bonds is 4. The van der Waals surface area contributed by atoms with Crippen LogP contribution in [-0.2, 0) is 11.9 Å². The molecule has 2 N–H and O–H groups in total. The Kier molecular flexibility index (Phi) is 6.67. The van der Waals surface area contributed by atoms with Gasteiger partial charge in [0.15, 0.2) is 5.17 Å². The fourth-order valence-corrected chi connectivity index (χ4v) is 3.19. The molecule has 0 aliphatic rings. The number of hydrogen-bond donors (Lipinski definition) is 1. The summed E-state index contributed by atoms with van der Waals surface area (Å²) in [5, 5.41) is 7.84. The van der Waals surface area contributed by atoms with E-state index in [1.165, 1.54) is 24.0 Å². The molecule has 0 spiro atoms. The molecular formula is C16H13F3IN3S. The van der Waals surface area contributed by atoms with Crippen molar-refractivity contribution in [1.82, 2.24) is 0 Å². The van der Waals surface area contributed by atoms with Crippen molar-refractivity contribution in [2.24, 2.45) is 15.9 Å². The second-order valence-corrected chi connectivity index (χ2v) is 6.74. The third-order valence-corrected chi connectivity index (χ3v) is 4.98. The zero-order chi connectivity index (χ0) is 17.6. The number of thioether (sulfide) groups is 1. The van der Waals surface area contributed by atoms with E-state index in [2.05, 4.69) is 10.2 Å². The summed E-state index contributed by atoms with van der Waals surface area (Å²) in [4.78, 5) is 0. The quantitative estimate of drug-likeness (QED) is 0.304. The predicted molar refractivity (Wildman–Crippen MR) is 101 cm³/mol. The summed E-state index contributed by atoms with van der Waals surface area (Å²) in [5.74, 6) is 0.646. The summed E-state index contributed by atoms with van der Waals surface area (Å²) >= 11 is 2.96. The molecule has 0 bridgehead atoms. The highest BCUT2D eigenvalue weighted by Crippen LogP contribution is 2.33. The van der Waals surface area contributed by atoms with Crippen LogP contribution in [0.25, 0.3) is 0 Å². The number of alkyl halides is 3. The van der Waals surface area contributed by atoms with Gasteiger partial charge in [0.1, 0.15) is 0 Å². The summed E-state index contributed by atoms with van der Waals surface area (Å²) in [6, 6.07) is 13.6. The maximum atomic E-state index is 12.8. The first-order valence-electron chi connectivity index (χ1n) is 6.77. The molecule has 2 rings (SSSR count). The smallest absolute Gasteiger partial charge is 0.377 e. The lowest BCUT2D eigenvalue weighted by molar-refractivity contribution is -0.138. The third-order valence-electron chi connectivity index (χ3n) is 2.92. The molecule has 0 saturated carbocycles. The molecule has 0 fully saturated rings. The number of nitrogens with two attached hydrogens (primary N) is 1. The topological polar surface area (TPSA) is 50.7 Å². The lowest BCUT2D eigenvalue weighted by atomic mass is 10.1. The molecule has 0 radical (unpaired) electrons. The van der Waals surface area contributed by atoms with Gasteiger partial charge in [0.2, 0.25) is 0 Å². The highest BCUT2D eigenvalue weighted by molar-refractivity contribution is 14.1. The van der Waals surface area contributed by atoms with E-state index in [0.29, 0.717) is 11.3 Å². The molecule has 0 aromatic heterocycles. The lowest BCUT2D eigenvalue weighted by Crippen LogP contribution is -2.09. The van der Waals surface area contributed by atoms with Crippen LogP contribution >= 0.6 is 34.4 Å². The highest BCUT2D eigenvalue weighted by atomic mass is 127. The molecule has 2 aromatic rings. The van der Waals surface area contributed by atoms with Gasteiger partial charge in [0, 0.05) is 14.9 Å². The molecule has 0 saturated heterocycles. The molecule has 24 heavy (non-hydrogen) atoms. The zero-order valence-electron chi connectivity index (χ0n) is 12.3. The van der Waals surface area contributed by atoms with Crippen LogP contribution in [0.15, 0.2) is 58.7 Å². The van der Waals surface area contributed by atoms with Gasteiger partial charge in [0.25, 0.3) is 0 Å². The largest absolute Gasteiger partial charge is 0.417 e. The molecule has 0 unspecified atom stereocenters. The second kappa shape index (κ2) is 8.52. The summed E-state index contributed by atoms with van der Waals surface area (Å²) in [6.45, 7) is 0. The van der Waals surface area contributed by atoms with Gasteiger partial charge in [-0.1, -0.05) is 54.2 Å². The van der Waals surface area contributed by atoms with Crippen molar-refractivity contribution in [3.8, 4) is 0 Å². The van der Waals surface area contributed by atoms with Crippen molar-refractivity contribution in [1.29, 1.82) is 0 Å². The Morgan fingerprint density at radius 3 is 2.50 bits per heavy atom. The number of nitrogens with zero attached hydrogens (tertiary/aromatic N) is 2. The van der Waals surface area contributed by atoms with Gasteiger partial charge >= 0.3 is 6.18 Å². The van der Waals surface area contributed by atoms with E-state index in [9.17, 15) is 13.2 Å². The van der Waals surface area contributed by atoms with E-state index < -0.39 is 11.7 Å². The molecule has 2 aromatic carbocycles. The van der Waals surface area contributed by atoms with Gasteiger partial charge < -0.3 is 5.73 Å². The fraction of sp³-hybridized carbons (Fsp3) is 0.125. The Balaban J connectivity index is 2.03. The molecule has 0 amide bonds. The first kappa shape index (κ1) is 18.8. The minimum absolute atomic E-state index is 0.0806. The Morgan fingerprint density at radius 2 is 1.83 bits per heavy atom. The molecule has 3 nitrogen and oxygen atoms in total. The zero-order valence-corrected chi connectivity index (χ0v) is 15.3. The van der Waals surface area contributed by atoms with Crippen LogP contribution in [0.4, 0.5) is 13.2 Å². The highest BCUT2D eigenvalue weighted by Gasteiger charge is 2.33. The standard InChI is InChI=1S/C16H13F3IN3S/c17-16(18,19)13-8-4-7-12(14(13)20)9-22-23-15(21)24-10-11-5-2-1-3-6-11/h1-9H,10H2,(H2,21,23). The normalized spacial score (nSPS) is 12.8. The first-order chi connectivity index (χ1) is 11.4. The average Bonchev–Trinajstić information content (AvgIpc) is 2.54. The summed E-state index contributed by atoms with van der Waals surface area (Å²) in [5.41, 5.74) is 6.49. The minimum Gasteiger partial charge on any atom is -0.377 e. The van der Waals surface area contributed by atoms with Crippen molar-refractivity contribution in [3.63, 3.8) is 0 Å². The fourth-order valence-electron chi connectivity index (χ4n) is 1.78. The van der Waals surface area contributed by atoms with Crippen molar-refractivity contribution < 1.29 is 13.2 Å². The number of halogens is 4. The monoisotopic (exact) mass is 463 g/mol. The van der Waals surface area contributed by atoms with Gasteiger partial charge in [-0.05, 0) is 34.2 Å². The van der Waals surface area contributed by atoms with Crippen LogP contribution in [0, 0.1) is 3.57 Å². The van der Waals surface area contributed by atoms with Crippen molar-refractivity contribution in [2.45, 2.75) is 11.9 Å². The maximum Gasteiger partial charge on any atom is 0.417 e. The molecule has 0 aliphatic heterocycles. The molecular weight excluding hydrogens is 450 g/mol. The molecule has 0 heterocycles. The van der Waals surface area contributed by atoms with Crippen molar-refractivity contribution in [2.75, 3.05) is 0 Å². The maximum absolute atomic E-state index is 12.8. The van der Waals surface area contributed by atoms with Crippen LogP contribution in [0.5, 0.6) is 0 Å². The van der Waals surface area contributed by atoms with Crippen LogP contribution in [0.1, 0.15) is 16.7 Å². The SMILES string of the molecule is NC(=NN=Cc1cccc(C(F)(F)F)c1I)SCc1ccccc1. The van der Waals surface area contributed by atoms with Gasteiger partial charge in [0.05, 0.1) is 11.8 Å². The van der Waals surface area contributed by atoms with Crippen LogP contribution in [0.2, 0.25) is 0 Å². The molecule has 0 atom stereocenters. The van der Waals surface area contributed by atoms with Gasteiger partial charge in [-0.15, -0.1) is 5.10 Å². The Labute approximate surface area is 155 Å². The lowest BCUT2D eigenvalue weighted by Gasteiger charge is -2.10. The van der Waals surface area contributed by atoms with Gasteiger partial charge in [-0.3, -0.25) is 0 Å². The van der Waals surface area contributed by atoms with Crippen LogP contribution in [-0.4, -0.2) is 11.4 Å². The third kappa shape index (κ3) is 5.52. The number of amidine groups is 1. The number of hydrogen-bond acceptors (Lipinski definition) is 3. The molecule has 0 aliphatic carbocycles. The number of benzene rings is 2. The van der Waals surface area contributed by atoms with E-state index in [1.807, 2.05) is 30.3 Å². The Morgan fingerprint density at radius 1 is 1.12 bits per heavy atom. The molecule has 126 valence electrons. The predicted octanol–water partition coefficient (Wildman–Crippen LogP) is 4.89. The minimum atomic E-state index is -4.39. The van der Waals surface area contributed by atoms with E-state index in [4.69, 9.17) is 5.73 Å². The van der Waals surface area contributed by atoms with E-state index in [0.717, 1.165) is 11.6 Å². The van der Waals surface area contributed by atoms with Crippen molar-refractivity contribution >= 4 is 45.7 Å². The average molecular weight is 463 g/mol. The van der Waals surface area contributed by atoms with Gasteiger partial charge in [-0.2, -0.15) is 18.3 Å². The summed E-state index contributed by atoms with van der Waals surface area (Å²) < 4.78 is 38.6. The van der Waals surface area contributed by atoms with Crippen LogP contribution < -0.4 is 5.73 Å². The van der Waals surface area contributed by atoms with Crippen LogP contribution in [0.3, 0.4) is 0 Å². The second-order valence-electron chi connectivity index (χ2n) is 4.66. The van der Waals surface area contributed by atoms with E-state index >= 15 is 0 Å². The Bertz CT molecular complexity index is 746. The summed E-state index contributed by atoms with van der Waals surface area (Å²) in [7, 11) is 0. The first-order valence-corrected chi connectivity index (χ1v) is 8.83. The summed E-state index contributed by atoms with van der Waals surface area (Å²) in [6.07, 6.45) is -3.12. The van der Waals surface area contributed by atoms with E-state index in [1.54, 1.807) is 28.7 Å². The van der Waals surface area contributed by atoms with Crippen molar-refractivity contribution in [3.05, 3.63) is 68.8 Å². The Hall–Kier alpha value is -1.55. The van der Waals surface area contributed by atoms with E-state index in [-0.39, 0.29) is 8.74 Å². The molecule has 8 heteroatoms.